The summed E-state index contributed by atoms with van der Waals surface area (Å²) < 4.78 is 5.17. The zero-order valence-corrected chi connectivity index (χ0v) is 13.1. The molecule has 120 valence electrons. The minimum absolute atomic E-state index is 0.0256. The van der Waals surface area contributed by atoms with Crippen molar-refractivity contribution in [2.45, 2.75) is 6.54 Å². The molecule has 6 heteroatoms. The van der Waals surface area contributed by atoms with Crippen molar-refractivity contribution in [1.29, 1.82) is 0 Å². The van der Waals surface area contributed by atoms with Crippen molar-refractivity contribution >= 4 is 28.2 Å². The number of hydrogen-bond acceptors (Lipinski definition) is 5. The van der Waals surface area contributed by atoms with Gasteiger partial charge in [-0.2, -0.15) is 0 Å². The van der Waals surface area contributed by atoms with Crippen LogP contribution in [-0.4, -0.2) is 18.0 Å². The second-order valence-electron chi connectivity index (χ2n) is 5.60. The summed E-state index contributed by atoms with van der Waals surface area (Å²) in [6.45, 7) is 0.476. The monoisotopic (exact) mass is 320 g/mol. The number of benzene rings is 2. The van der Waals surface area contributed by atoms with E-state index >= 15 is 0 Å². The van der Waals surface area contributed by atoms with Crippen molar-refractivity contribution in [1.82, 2.24) is 4.98 Å². The molecule has 0 spiro atoms. The number of anilines is 2. The minimum atomic E-state index is -0.0256. The molecule has 0 bridgehead atoms. The maximum absolute atomic E-state index is 12.8. The summed E-state index contributed by atoms with van der Waals surface area (Å²) in [5, 5.41) is 1.73. The van der Waals surface area contributed by atoms with E-state index in [1.807, 2.05) is 42.5 Å². The number of methoxy groups -OCH3 is 1. The third-order valence-corrected chi connectivity index (χ3v) is 4.29. The molecule has 3 aromatic rings. The molecule has 1 aliphatic heterocycles. The molecule has 1 aromatic heterocycles. The summed E-state index contributed by atoms with van der Waals surface area (Å²) in [6, 6.07) is 13.3. The molecule has 1 aliphatic rings. The maximum atomic E-state index is 12.8. The van der Waals surface area contributed by atoms with Crippen LogP contribution in [0.1, 0.15) is 15.9 Å². The first-order valence-electron chi connectivity index (χ1n) is 7.56. The SMILES string of the molecule is COc1ccc(CN2C(=O)c3cccc4c(NN)ncc2c34)cc1. The molecule has 0 saturated heterocycles. The number of amides is 1. The molecular weight excluding hydrogens is 304 g/mol. The Kier molecular flexibility index (Phi) is 3.32. The number of ether oxygens (including phenoxy) is 1. The highest BCUT2D eigenvalue weighted by atomic mass is 16.5. The summed E-state index contributed by atoms with van der Waals surface area (Å²) >= 11 is 0. The predicted octanol–water partition coefficient (Wildman–Crippen LogP) is 2.69. The number of rotatable bonds is 4. The van der Waals surface area contributed by atoms with Gasteiger partial charge in [-0.05, 0) is 23.8 Å². The van der Waals surface area contributed by atoms with Crippen LogP contribution < -0.4 is 20.9 Å². The third kappa shape index (κ3) is 2.08. The molecule has 24 heavy (non-hydrogen) atoms. The van der Waals surface area contributed by atoms with Crippen LogP contribution in [0.15, 0.2) is 48.7 Å². The standard InChI is InChI=1S/C18H16N4O2/c1-24-12-7-5-11(6-8-12)10-22-15-9-20-17(21-19)13-3-2-4-14(16(13)15)18(22)23/h2-9H,10,19H2,1H3,(H,20,21). The molecule has 1 amide bonds. The number of hydrogen-bond donors (Lipinski definition) is 2. The molecule has 0 aliphatic carbocycles. The Morgan fingerprint density at radius 2 is 2.00 bits per heavy atom. The summed E-state index contributed by atoms with van der Waals surface area (Å²) in [5.74, 6) is 6.86. The molecule has 0 fully saturated rings. The van der Waals surface area contributed by atoms with Crippen LogP contribution in [0.5, 0.6) is 5.75 Å². The first-order valence-corrected chi connectivity index (χ1v) is 7.56. The number of nitrogens with two attached hydrogens (primary N) is 1. The van der Waals surface area contributed by atoms with Crippen LogP contribution in [0.25, 0.3) is 10.8 Å². The zero-order valence-electron chi connectivity index (χ0n) is 13.1. The Bertz CT molecular complexity index is 938. The molecule has 0 unspecified atom stereocenters. The summed E-state index contributed by atoms with van der Waals surface area (Å²) in [5.41, 5.74) is 5.09. The van der Waals surface area contributed by atoms with Gasteiger partial charge in [0.2, 0.25) is 0 Å². The summed E-state index contributed by atoms with van der Waals surface area (Å²) in [6.07, 6.45) is 1.69. The van der Waals surface area contributed by atoms with Gasteiger partial charge in [-0.25, -0.2) is 10.8 Å². The lowest BCUT2D eigenvalue weighted by molar-refractivity contribution is 0.0991. The lowest BCUT2D eigenvalue weighted by Gasteiger charge is -2.18. The van der Waals surface area contributed by atoms with E-state index in [1.165, 1.54) is 0 Å². The zero-order chi connectivity index (χ0) is 16.7. The molecule has 0 saturated carbocycles. The molecule has 2 aromatic carbocycles. The van der Waals surface area contributed by atoms with Gasteiger partial charge >= 0.3 is 0 Å². The fraction of sp³-hybridized carbons (Fsp3) is 0.111. The number of nitrogen functional groups attached to an aromatic ring is 1. The molecule has 6 nitrogen and oxygen atoms in total. The molecule has 2 heterocycles. The quantitative estimate of drug-likeness (QED) is 0.570. The normalized spacial score (nSPS) is 12.8. The average Bonchev–Trinajstić information content (AvgIpc) is 2.90. The largest absolute Gasteiger partial charge is 0.497 e. The fourth-order valence-corrected chi connectivity index (χ4v) is 3.11. The van der Waals surface area contributed by atoms with Crippen molar-refractivity contribution in [3.8, 4) is 5.75 Å². The summed E-state index contributed by atoms with van der Waals surface area (Å²) in [4.78, 5) is 18.9. The number of carbonyl (C=O) groups is 1. The Hall–Kier alpha value is -3.12. The number of carbonyl (C=O) groups excluding carboxylic acids is 1. The lowest BCUT2D eigenvalue weighted by atomic mass is 10.1. The van der Waals surface area contributed by atoms with E-state index in [4.69, 9.17) is 10.6 Å². The highest BCUT2D eigenvalue weighted by molar-refractivity contribution is 6.26. The van der Waals surface area contributed by atoms with Gasteiger partial charge in [0.15, 0.2) is 0 Å². The second kappa shape index (κ2) is 5.50. The van der Waals surface area contributed by atoms with Crippen molar-refractivity contribution < 1.29 is 9.53 Å². The van der Waals surface area contributed by atoms with Crippen molar-refractivity contribution in [3.05, 3.63) is 59.8 Å². The number of pyridine rings is 1. The van der Waals surface area contributed by atoms with Gasteiger partial charge in [0.25, 0.3) is 5.91 Å². The van der Waals surface area contributed by atoms with Gasteiger partial charge in [-0.1, -0.05) is 24.3 Å². The van der Waals surface area contributed by atoms with Crippen LogP contribution in [0.3, 0.4) is 0 Å². The Morgan fingerprint density at radius 1 is 1.21 bits per heavy atom. The van der Waals surface area contributed by atoms with Gasteiger partial charge in [-0.3, -0.25) is 4.79 Å². The minimum Gasteiger partial charge on any atom is -0.497 e. The molecule has 4 rings (SSSR count). The van der Waals surface area contributed by atoms with E-state index in [9.17, 15) is 4.79 Å². The van der Waals surface area contributed by atoms with E-state index in [0.717, 1.165) is 27.8 Å². The molecule has 0 atom stereocenters. The average molecular weight is 320 g/mol. The fourth-order valence-electron chi connectivity index (χ4n) is 3.11. The van der Waals surface area contributed by atoms with E-state index in [-0.39, 0.29) is 5.91 Å². The van der Waals surface area contributed by atoms with Gasteiger partial charge in [0.1, 0.15) is 11.6 Å². The number of nitrogens with one attached hydrogen (secondary N) is 1. The Balaban J connectivity index is 1.77. The Labute approximate surface area is 138 Å². The second-order valence-corrected chi connectivity index (χ2v) is 5.60. The number of hydrazine groups is 1. The van der Waals surface area contributed by atoms with Crippen molar-refractivity contribution in [3.63, 3.8) is 0 Å². The highest BCUT2D eigenvalue weighted by Crippen LogP contribution is 2.39. The van der Waals surface area contributed by atoms with Crippen LogP contribution in [0.4, 0.5) is 11.5 Å². The van der Waals surface area contributed by atoms with Crippen LogP contribution in [0, 0.1) is 0 Å². The van der Waals surface area contributed by atoms with Crippen molar-refractivity contribution in [2.75, 3.05) is 17.4 Å². The summed E-state index contributed by atoms with van der Waals surface area (Å²) in [7, 11) is 1.63. The molecule has 3 N–H and O–H groups in total. The molecular formula is C18H16N4O2. The third-order valence-electron chi connectivity index (χ3n) is 4.29. The van der Waals surface area contributed by atoms with Gasteiger partial charge in [0, 0.05) is 10.8 Å². The van der Waals surface area contributed by atoms with Crippen LogP contribution in [0.2, 0.25) is 0 Å². The number of nitrogens with zero attached hydrogens (tertiary/aromatic N) is 2. The highest BCUT2D eigenvalue weighted by Gasteiger charge is 2.31. The number of aromatic nitrogens is 1. The van der Waals surface area contributed by atoms with Gasteiger partial charge in [0.05, 0.1) is 31.1 Å². The topological polar surface area (TPSA) is 80.5 Å². The molecule has 0 radical (unpaired) electrons. The lowest BCUT2D eigenvalue weighted by Crippen LogP contribution is -2.26. The predicted molar refractivity (Wildman–Crippen MR) is 93.1 cm³/mol. The first kappa shape index (κ1) is 14.5. The van der Waals surface area contributed by atoms with E-state index < -0.39 is 0 Å². The van der Waals surface area contributed by atoms with Crippen molar-refractivity contribution in [2.24, 2.45) is 5.84 Å². The van der Waals surface area contributed by atoms with E-state index in [1.54, 1.807) is 18.2 Å². The maximum Gasteiger partial charge on any atom is 0.259 e. The van der Waals surface area contributed by atoms with E-state index in [0.29, 0.717) is 17.9 Å². The van der Waals surface area contributed by atoms with Crippen LogP contribution in [-0.2, 0) is 6.54 Å². The van der Waals surface area contributed by atoms with Gasteiger partial charge < -0.3 is 15.1 Å². The first-order chi connectivity index (χ1) is 11.7. The smallest absolute Gasteiger partial charge is 0.259 e. The van der Waals surface area contributed by atoms with Gasteiger partial charge in [-0.15, -0.1) is 0 Å². The van der Waals surface area contributed by atoms with E-state index in [2.05, 4.69) is 10.4 Å². The Morgan fingerprint density at radius 3 is 2.71 bits per heavy atom. The van der Waals surface area contributed by atoms with Crippen LogP contribution >= 0.6 is 0 Å².